The summed E-state index contributed by atoms with van der Waals surface area (Å²) in [5, 5.41) is 3.19. The predicted octanol–water partition coefficient (Wildman–Crippen LogP) is 2.83. The third kappa shape index (κ3) is 3.95. The first-order chi connectivity index (χ1) is 13.4. The van der Waals surface area contributed by atoms with Crippen molar-refractivity contribution in [2.45, 2.75) is 25.6 Å². The minimum Gasteiger partial charge on any atom is -0.486 e. The second-order valence-electron chi connectivity index (χ2n) is 6.49. The van der Waals surface area contributed by atoms with Crippen LogP contribution in [0.15, 0.2) is 24.5 Å². The van der Waals surface area contributed by atoms with Gasteiger partial charge in [0.25, 0.3) is 0 Å². The molecule has 2 aromatic rings. The summed E-state index contributed by atoms with van der Waals surface area (Å²) in [6, 6.07) is 5.41. The Morgan fingerprint density at radius 1 is 1.18 bits per heavy atom. The van der Waals surface area contributed by atoms with Crippen LogP contribution in [0.4, 0.5) is 24.7 Å². The van der Waals surface area contributed by atoms with Crippen LogP contribution in [0.2, 0.25) is 0 Å². The lowest BCUT2D eigenvalue weighted by molar-refractivity contribution is -0.162. The molecular formula is C18H17F3N4O3. The van der Waals surface area contributed by atoms with E-state index in [4.69, 9.17) is 9.47 Å². The number of hydrogen-bond donors (Lipinski definition) is 1. The Kier molecular flexibility index (Phi) is 4.70. The van der Waals surface area contributed by atoms with Gasteiger partial charge in [0.1, 0.15) is 31.8 Å². The zero-order valence-electron chi connectivity index (χ0n) is 14.8. The van der Waals surface area contributed by atoms with Crippen LogP contribution in [0.25, 0.3) is 0 Å². The quantitative estimate of drug-likeness (QED) is 0.863. The molecule has 0 fully saturated rings. The molecule has 1 amide bonds. The lowest BCUT2D eigenvalue weighted by Gasteiger charge is -2.29. The maximum Gasteiger partial charge on any atom is 0.397 e. The largest absolute Gasteiger partial charge is 0.486 e. The van der Waals surface area contributed by atoms with Crippen LogP contribution < -0.4 is 14.8 Å². The van der Waals surface area contributed by atoms with Gasteiger partial charge >= 0.3 is 6.18 Å². The number of anilines is 2. The summed E-state index contributed by atoms with van der Waals surface area (Å²) in [4.78, 5) is 21.4. The van der Waals surface area contributed by atoms with Crippen LogP contribution in [0, 0.1) is 0 Å². The Hall–Kier alpha value is -3.04. The first kappa shape index (κ1) is 18.3. The molecule has 28 heavy (non-hydrogen) atoms. The third-order valence-electron chi connectivity index (χ3n) is 4.52. The molecule has 1 aromatic heterocycles. The summed E-state index contributed by atoms with van der Waals surface area (Å²) < 4.78 is 48.5. The van der Waals surface area contributed by atoms with Crippen LogP contribution >= 0.6 is 0 Å². The molecule has 10 heteroatoms. The Labute approximate surface area is 158 Å². The van der Waals surface area contributed by atoms with Crippen LogP contribution in [0.1, 0.15) is 17.7 Å². The van der Waals surface area contributed by atoms with Gasteiger partial charge in [-0.1, -0.05) is 0 Å². The molecule has 0 unspecified atom stereocenters. The molecule has 0 aliphatic carbocycles. The van der Waals surface area contributed by atoms with E-state index in [2.05, 4.69) is 15.3 Å². The molecule has 1 N–H and O–H groups in total. The average molecular weight is 394 g/mol. The summed E-state index contributed by atoms with van der Waals surface area (Å²) in [7, 11) is 0. The molecule has 0 saturated heterocycles. The Morgan fingerprint density at radius 3 is 2.75 bits per heavy atom. The summed E-state index contributed by atoms with van der Waals surface area (Å²) in [6.07, 6.45) is -4.28. The van der Waals surface area contributed by atoms with Crippen molar-refractivity contribution in [1.82, 2.24) is 14.9 Å². The summed E-state index contributed by atoms with van der Waals surface area (Å²) in [5.41, 5.74) is 2.06. The second kappa shape index (κ2) is 7.17. The number of fused-ring (bicyclic) bond motifs is 2. The number of carbonyl (C=O) groups is 1. The van der Waals surface area contributed by atoms with E-state index in [1.54, 1.807) is 12.1 Å². The highest BCUT2D eigenvalue weighted by Crippen LogP contribution is 2.34. The molecular weight excluding hydrogens is 377 g/mol. The van der Waals surface area contributed by atoms with Crippen molar-refractivity contribution in [3.63, 3.8) is 0 Å². The number of rotatable bonds is 3. The zero-order chi connectivity index (χ0) is 19.7. The molecule has 7 nitrogen and oxygen atoms in total. The van der Waals surface area contributed by atoms with Gasteiger partial charge in [0, 0.05) is 23.9 Å². The Bertz CT molecular complexity index is 904. The van der Waals surface area contributed by atoms with Crippen LogP contribution in [-0.2, 0) is 17.8 Å². The molecule has 0 bridgehead atoms. The number of nitrogens with zero attached hydrogens (tertiary/aromatic N) is 3. The minimum atomic E-state index is -4.52. The summed E-state index contributed by atoms with van der Waals surface area (Å²) >= 11 is 0. The number of alkyl halides is 3. The van der Waals surface area contributed by atoms with Crippen molar-refractivity contribution in [2.75, 3.05) is 25.1 Å². The van der Waals surface area contributed by atoms with Crippen LogP contribution in [-0.4, -0.2) is 46.7 Å². The smallest absolute Gasteiger partial charge is 0.397 e. The maximum atomic E-state index is 12.5. The van der Waals surface area contributed by atoms with Crippen molar-refractivity contribution >= 4 is 17.4 Å². The van der Waals surface area contributed by atoms with E-state index >= 15 is 0 Å². The summed E-state index contributed by atoms with van der Waals surface area (Å²) in [6.45, 7) is 1.19. The van der Waals surface area contributed by atoms with Crippen molar-refractivity contribution in [1.29, 1.82) is 0 Å². The van der Waals surface area contributed by atoms with Gasteiger partial charge in [0.15, 0.2) is 11.5 Å². The average Bonchev–Trinajstić information content (AvgIpc) is 2.66. The predicted molar refractivity (Wildman–Crippen MR) is 92.5 cm³/mol. The van der Waals surface area contributed by atoms with Gasteiger partial charge in [-0.05, 0) is 18.6 Å². The molecule has 0 radical (unpaired) electrons. The SMILES string of the molecule is O=C(CC(F)(F)F)N1CCc2c(ncnc2Nc2ccc3c(c2)OCCO3)C1. The number of aromatic nitrogens is 2. The topological polar surface area (TPSA) is 76.6 Å². The van der Waals surface area contributed by atoms with E-state index in [0.717, 1.165) is 11.3 Å². The number of ether oxygens (including phenoxy) is 2. The fraction of sp³-hybridized carbons (Fsp3) is 0.389. The fourth-order valence-corrected chi connectivity index (χ4v) is 3.22. The van der Waals surface area contributed by atoms with E-state index in [1.807, 2.05) is 6.07 Å². The van der Waals surface area contributed by atoms with Gasteiger partial charge in [-0.2, -0.15) is 13.2 Å². The number of nitrogens with one attached hydrogen (secondary N) is 1. The van der Waals surface area contributed by atoms with Gasteiger partial charge in [-0.25, -0.2) is 9.97 Å². The van der Waals surface area contributed by atoms with Gasteiger partial charge in [-0.3, -0.25) is 4.79 Å². The van der Waals surface area contributed by atoms with Gasteiger partial charge in [-0.15, -0.1) is 0 Å². The molecule has 0 atom stereocenters. The van der Waals surface area contributed by atoms with Crippen LogP contribution in [0.5, 0.6) is 11.5 Å². The molecule has 2 aliphatic heterocycles. The van der Waals surface area contributed by atoms with Gasteiger partial charge < -0.3 is 19.7 Å². The van der Waals surface area contributed by atoms with Crippen molar-refractivity contribution in [2.24, 2.45) is 0 Å². The number of benzene rings is 1. The highest BCUT2D eigenvalue weighted by molar-refractivity contribution is 5.77. The van der Waals surface area contributed by atoms with Crippen molar-refractivity contribution in [3.05, 3.63) is 35.8 Å². The standard InChI is InChI=1S/C18H17F3N4O3/c19-18(20,21)8-16(26)25-4-3-12-13(9-25)22-10-23-17(12)24-11-1-2-14-15(7-11)28-6-5-27-14/h1-2,7,10H,3-6,8-9H2,(H,22,23,24). The van der Waals surface area contributed by atoms with E-state index in [1.165, 1.54) is 11.2 Å². The lowest BCUT2D eigenvalue weighted by atomic mass is 10.0. The third-order valence-corrected chi connectivity index (χ3v) is 4.52. The highest BCUT2D eigenvalue weighted by atomic mass is 19.4. The Morgan fingerprint density at radius 2 is 1.96 bits per heavy atom. The monoisotopic (exact) mass is 394 g/mol. The van der Waals surface area contributed by atoms with Crippen LogP contribution in [0.3, 0.4) is 0 Å². The van der Waals surface area contributed by atoms with E-state index in [-0.39, 0.29) is 13.1 Å². The number of carbonyl (C=O) groups excluding carboxylic acids is 1. The number of halogens is 3. The van der Waals surface area contributed by atoms with Crippen molar-refractivity contribution < 1.29 is 27.4 Å². The van der Waals surface area contributed by atoms with Crippen molar-refractivity contribution in [3.8, 4) is 11.5 Å². The zero-order valence-corrected chi connectivity index (χ0v) is 14.8. The van der Waals surface area contributed by atoms with Gasteiger partial charge in [0.05, 0.1) is 12.2 Å². The van der Waals surface area contributed by atoms with Gasteiger partial charge in [0.2, 0.25) is 5.91 Å². The van der Waals surface area contributed by atoms with E-state index < -0.39 is 18.5 Å². The highest BCUT2D eigenvalue weighted by Gasteiger charge is 2.35. The summed E-state index contributed by atoms with van der Waals surface area (Å²) in [5.74, 6) is 0.908. The first-order valence-corrected chi connectivity index (χ1v) is 8.73. The number of hydrogen-bond acceptors (Lipinski definition) is 6. The van der Waals surface area contributed by atoms with E-state index in [9.17, 15) is 18.0 Å². The second-order valence-corrected chi connectivity index (χ2v) is 6.49. The number of amides is 1. The Balaban J connectivity index is 1.51. The minimum absolute atomic E-state index is 0.0303. The molecule has 3 heterocycles. The normalized spacial score (nSPS) is 15.8. The molecule has 1 aromatic carbocycles. The molecule has 0 saturated carbocycles. The molecule has 2 aliphatic rings. The molecule has 4 rings (SSSR count). The fourth-order valence-electron chi connectivity index (χ4n) is 3.22. The van der Waals surface area contributed by atoms with E-state index in [0.29, 0.717) is 42.6 Å². The lowest BCUT2D eigenvalue weighted by Crippen LogP contribution is -2.38. The maximum absolute atomic E-state index is 12.5. The first-order valence-electron chi connectivity index (χ1n) is 8.73. The molecule has 148 valence electrons. The molecule has 0 spiro atoms.